The van der Waals surface area contributed by atoms with Gasteiger partial charge >= 0.3 is 0 Å². The summed E-state index contributed by atoms with van der Waals surface area (Å²) in [6, 6.07) is 7.72. The van der Waals surface area contributed by atoms with Crippen molar-refractivity contribution < 1.29 is 4.79 Å². The Kier molecular flexibility index (Phi) is 4.35. The van der Waals surface area contributed by atoms with Crippen LogP contribution in [0.3, 0.4) is 0 Å². The van der Waals surface area contributed by atoms with Gasteiger partial charge in [-0.25, -0.2) is 0 Å². The Morgan fingerprint density at radius 3 is 2.71 bits per heavy atom. The summed E-state index contributed by atoms with van der Waals surface area (Å²) in [5.74, 6) is -0.0742. The lowest BCUT2D eigenvalue weighted by Gasteiger charge is -2.10. The molecule has 1 aromatic rings. The van der Waals surface area contributed by atoms with Gasteiger partial charge in [0, 0.05) is 4.90 Å². The SMILES string of the molecule is CSc1ccccc1NC(=O)C(C)S. The molecule has 0 aliphatic carbocycles. The van der Waals surface area contributed by atoms with Crippen LogP contribution in [-0.2, 0) is 4.79 Å². The fourth-order valence-corrected chi connectivity index (χ4v) is 1.60. The van der Waals surface area contributed by atoms with Gasteiger partial charge in [-0.05, 0) is 25.3 Å². The molecule has 0 aromatic heterocycles. The summed E-state index contributed by atoms with van der Waals surface area (Å²) in [7, 11) is 0. The third-order valence-corrected chi connectivity index (χ3v) is 2.77. The van der Waals surface area contributed by atoms with Crippen molar-refractivity contribution in [2.45, 2.75) is 17.1 Å². The maximum Gasteiger partial charge on any atom is 0.236 e. The van der Waals surface area contributed by atoms with E-state index in [9.17, 15) is 4.79 Å². The lowest BCUT2D eigenvalue weighted by atomic mass is 10.3. The van der Waals surface area contributed by atoms with Crippen LogP contribution in [0.4, 0.5) is 5.69 Å². The van der Waals surface area contributed by atoms with Crippen LogP contribution in [0.15, 0.2) is 29.2 Å². The van der Waals surface area contributed by atoms with Gasteiger partial charge in [0.2, 0.25) is 5.91 Å². The van der Waals surface area contributed by atoms with Crippen LogP contribution in [0.25, 0.3) is 0 Å². The summed E-state index contributed by atoms with van der Waals surface area (Å²) in [5.41, 5.74) is 0.853. The molecule has 1 amide bonds. The fraction of sp³-hybridized carbons (Fsp3) is 0.300. The number of nitrogens with one attached hydrogen (secondary N) is 1. The van der Waals surface area contributed by atoms with E-state index in [1.165, 1.54) is 0 Å². The van der Waals surface area contributed by atoms with E-state index in [2.05, 4.69) is 17.9 Å². The van der Waals surface area contributed by atoms with Crippen LogP contribution in [0, 0.1) is 0 Å². The average Bonchev–Trinajstić information content (AvgIpc) is 2.18. The van der Waals surface area contributed by atoms with E-state index >= 15 is 0 Å². The molecular formula is C10H13NOS2. The minimum Gasteiger partial charge on any atom is -0.324 e. The number of carbonyl (C=O) groups is 1. The van der Waals surface area contributed by atoms with Gasteiger partial charge in [-0.1, -0.05) is 12.1 Å². The Bertz CT molecular complexity index is 326. The van der Waals surface area contributed by atoms with Gasteiger partial charge in [0.25, 0.3) is 0 Å². The van der Waals surface area contributed by atoms with Crippen molar-refractivity contribution in [1.29, 1.82) is 0 Å². The Balaban J connectivity index is 2.80. The summed E-state index contributed by atoms with van der Waals surface area (Å²) in [4.78, 5) is 12.4. The molecule has 0 heterocycles. The van der Waals surface area contributed by atoms with Gasteiger partial charge in [-0.15, -0.1) is 11.8 Å². The van der Waals surface area contributed by atoms with Crippen molar-refractivity contribution in [3.8, 4) is 0 Å². The molecule has 0 bridgehead atoms. The summed E-state index contributed by atoms with van der Waals surface area (Å²) >= 11 is 5.68. The minimum absolute atomic E-state index is 0.0742. The van der Waals surface area contributed by atoms with Crippen LogP contribution in [-0.4, -0.2) is 17.4 Å². The molecule has 1 N–H and O–H groups in total. The van der Waals surface area contributed by atoms with Crippen molar-refractivity contribution in [2.75, 3.05) is 11.6 Å². The van der Waals surface area contributed by atoms with E-state index in [-0.39, 0.29) is 11.2 Å². The Morgan fingerprint density at radius 2 is 2.14 bits per heavy atom. The number of anilines is 1. The normalized spacial score (nSPS) is 12.2. The molecule has 0 saturated heterocycles. The molecule has 0 saturated carbocycles. The first-order valence-electron chi connectivity index (χ1n) is 4.27. The summed E-state index contributed by atoms with van der Waals surface area (Å²) in [6.45, 7) is 1.75. The number of hydrogen-bond donors (Lipinski definition) is 2. The molecule has 76 valence electrons. The second-order valence-corrected chi connectivity index (χ2v) is 4.49. The summed E-state index contributed by atoms with van der Waals surface area (Å²) in [5, 5.41) is 2.54. The molecule has 0 aliphatic heterocycles. The Hall–Kier alpha value is -0.610. The second-order valence-electron chi connectivity index (χ2n) is 2.87. The van der Waals surface area contributed by atoms with Gasteiger partial charge in [0.15, 0.2) is 0 Å². The molecule has 1 unspecified atom stereocenters. The Labute approximate surface area is 93.9 Å². The zero-order chi connectivity index (χ0) is 10.6. The second kappa shape index (κ2) is 5.32. The number of rotatable bonds is 3. The minimum atomic E-state index is -0.287. The standard InChI is InChI=1S/C10H13NOS2/c1-7(13)10(12)11-8-5-3-4-6-9(8)14-2/h3-7,13H,1-2H3,(H,11,12). The smallest absolute Gasteiger partial charge is 0.236 e. The van der Waals surface area contributed by atoms with Gasteiger partial charge in [0.1, 0.15) is 0 Å². The highest BCUT2D eigenvalue weighted by molar-refractivity contribution is 7.98. The van der Waals surface area contributed by atoms with Crippen LogP contribution < -0.4 is 5.32 Å². The third-order valence-electron chi connectivity index (χ3n) is 1.74. The van der Waals surface area contributed by atoms with Crippen molar-refractivity contribution in [2.24, 2.45) is 0 Å². The van der Waals surface area contributed by atoms with Crippen molar-refractivity contribution in [3.05, 3.63) is 24.3 Å². The van der Waals surface area contributed by atoms with E-state index in [4.69, 9.17) is 0 Å². The first-order valence-corrected chi connectivity index (χ1v) is 6.01. The van der Waals surface area contributed by atoms with Gasteiger partial charge in [-0.2, -0.15) is 12.6 Å². The zero-order valence-electron chi connectivity index (χ0n) is 8.15. The first kappa shape index (κ1) is 11.5. The number of thioether (sulfide) groups is 1. The molecule has 1 rings (SSSR count). The highest BCUT2D eigenvalue weighted by Crippen LogP contribution is 2.24. The molecule has 0 spiro atoms. The van der Waals surface area contributed by atoms with Gasteiger partial charge in [-0.3, -0.25) is 4.79 Å². The Morgan fingerprint density at radius 1 is 1.50 bits per heavy atom. The fourth-order valence-electron chi connectivity index (χ4n) is 0.985. The molecule has 0 radical (unpaired) electrons. The average molecular weight is 227 g/mol. The number of carbonyl (C=O) groups excluding carboxylic acids is 1. The first-order chi connectivity index (χ1) is 6.65. The predicted molar refractivity (Wildman–Crippen MR) is 65.3 cm³/mol. The topological polar surface area (TPSA) is 29.1 Å². The van der Waals surface area contributed by atoms with E-state index in [0.29, 0.717) is 0 Å². The maximum atomic E-state index is 11.4. The predicted octanol–water partition coefficient (Wildman–Crippen LogP) is 2.67. The quantitative estimate of drug-likeness (QED) is 0.614. The van der Waals surface area contributed by atoms with Crippen LogP contribution >= 0.6 is 24.4 Å². The van der Waals surface area contributed by atoms with Crippen molar-refractivity contribution in [1.82, 2.24) is 0 Å². The van der Waals surface area contributed by atoms with Gasteiger partial charge in [0.05, 0.1) is 10.9 Å². The maximum absolute atomic E-state index is 11.4. The van der Waals surface area contributed by atoms with E-state index in [0.717, 1.165) is 10.6 Å². The lowest BCUT2D eigenvalue weighted by Crippen LogP contribution is -2.20. The number of benzene rings is 1. The molecular weight excluding hydrogens is 214 g/mol. The third kappa shape index (κ3) is 2.96. The molecule has 2 nitrogen and oxygen atoms in total. The van der Waals surface area contributed by atoms with Gasteiger partial charge < -0.3 is 5.32 Å². The highest BCUT2D eigenvalue weighted by Gasteiger charge is 2.09. The van der Waals surface area contributed by atoms with Crippen LogP contribution in [0.1, 0.15) is 6.92 Å². The number of thiol groups is 1. The number of para-hydroxylation sites is 1. The monoisotopic (exact) mass is 227 g/mol. The van der Waals surface area contributed by atoms with E-state index < -0.39 is 0 Å². The molecule has 0 aliphatic rings. The lowest BCUT2D eigenvalue weighted by molar-refractivity contribution is -0.115. The zero-order valence-corrected chi connectivity index (χ0v) is 9.86. The summed E-state index contributed by atoms with van der Waals surface area (Å²) < 4.78 is 0. The molecule has 14 heavy (non-hydrogen) atoms. The molecule has 4 heteroatoms. The highest BCUT2D eigenvalue weighted by atomic mass is 32.2. The van der Waals surface area contributed by atoms with E-state index in [1.54, 1.807) is 18.7 Å². The number of hydrogen-bond acceptors (Lipinski definition) is 3. The largest absolute Gasteiger partial charge is 0.324 e. The van der Waals surface area contributed by atoms with Crippen molar-refractivity contribution in [3.63, 3.8) is 0 Å². The molecule has 0 fully saturated rings. The number of amides is 1. The molecule has 1 atom stereocenters. The van der Waals surface area contributed by atoms with Crippen LogP contribution in [0.5, 0.6) is 0 Å². The van der Waals surface area contributed by atoms with Crippen LogP contribution in [0.2, 0.25) is 0 Å². The summed E-state index contributed by atoms with van der Waals surface area (Å²) in [6.07, 6.45) is 1.98. The van der Waals surface area contributed by atoms with E-state index in [1.807, 2.05) is 30.5 Å². The van der Waals surface area contributed by atoms with Crippen molar-refractivity contribution >= 4 is 36.0 Å². The molecule has 1 aromatic carbocycles.